The minimum absolute atomic E-state index is 0.122. The maximum absolute atomic E-state index is 12.5. The van der Waals surface area contributed by atoms with Gasteiger partial charge in [0, 0.05) is 12.2 Å². The molecule has 21 heavy (non-hydrogen) atoms. The number of anilines is 1. The quantitative estimate of drug-likeness (QED) is 0.723. The normalized spacial score (nSPS) is 16.7. The maximum Gasteiger partial charge on any atom is 0.244 e. The molecule has 2 rings (SSSR count). The summed E-state index contributed by atoms with van der Waals surface area (Å²) >= 11 is 0. The van der Waals surface area contributed by atoms with Crippen LogP contribution in [0.3, 0.4) is 0 Å². The van der Waals surface area contributed by atoms with Crippen molar-refractivity contribution >= 4 is 15.7 Å². The van der Waals surface area contributed by atoms with E-state index in [1.807, 2.05) is 6.92 Å². The van der Waals surface area contributed by atoms with Crippen LogP contribution in [-0.4, -0.2) is 21.6 Å². The first-order valence-corrected chi connectivity index (χ1v) is 8.93. The van der Waals surface area contributed by atoms with Crippen LogP contribution in [0.2, 0.25) is 0 Å². The Bertz CT molecular complexity index is 595. The lowest BCUT2D eigenvalue weighted by atomic mass is 10.0. The number of nitrogens with one attached hydrogen (secondary N) is 1. The fourth-order valence-electron chi connectivity index (χ4n) is 2.56. The molecule has 1 fully saturated rings. The van der Waals surface area contributed by atoms with Gasteiger partial charge in [0.2, 0.25) is 10.0 Å². The van der Waals surface area contributed by atoms with Crippen LogP contribution in [0.15, 0.2) is 23.1 Å². The van der Waals surface area contributed by atoms with E-state index >= 15 is 0 Å². The van der Waals surface area contributed by atoms with Gasteiger partial charge in [-0.15, -0.1) is 0 Å². The Hall–Kier alpha value is -1.27. The Balaban J connectivity index is 2.17. The van der Waals surface area contributed by atoms with E-state index in [4.69, 9.17) is 10.5 Å². The van der Waals surface area contributed by atoms with Crippen molar-refractivity contribution in [1.29, 1.82) is 0 Å². The fourth-order valence-corrected chi connectivity index (χ4v) is 3.89. The standard InChI is InChI=1S/C15H24N2O3S/c1-3-7-15(8-9-15)11-17-21(18,19)14-10-12(16)5-6-13(14)20-4-2/h5-6,10,17H,3-4,7-9,11,16H2,1-2H3. The molecule has 5 nitrogen and oxygen atoms in total. The smallest absolute Gasteiger partial charge is 0.244 e. The number of rotatable bonds is 8. The summed E-state index contributed by atoms with van der Waals surface area (Å²) in [4.78, 5) is 0.122. The van der Waals surface area contributed by atoms with Crippen molar-refractivity contribution in [2.45, 2.75) is 44.4 Å². The van der Waals surface area contributed by atoms with Crippen molar-refractivity contribution in [3.05, 3.63) is 18.2 Å². The molecule has 118 valence electrons. The molecule has 1 aliphatic carbocycles. The van der Waals surface area contributed by atoms with Crippen molar-refractivity contribution < 1.29 is 13.2 Å². The first-order chi connectivity index (χ1) is 9.92. The highest BCUT2D eigenvalue weighted by Crippen LogP contribution is 2.49. The first-order valence-electron chi connectivity index (χ1n) is 7.44. The van der Waals surface area contributed by atoms with Gasteiger partial charge in [-0.25, -0.2) is 13.1 Å². The van der Waals surface area contributed by atoms with Crippen LogP contribution in [0.1, 0.15) is 39.5 Å². The van der Waals surface area contributed by atoms with Gasteiger partial charge in [0.1, 0.15) is 10.6 Å². The van der Waals surface area contributed by atoms with Gasteiger partial charge in [-0.2, -0.15) is 0 Å². The van der Waals surface area contributed by atoms with Gasteiger partial charge in [0.15, 0.2) is 0 Å². The molecule has 3 N–H and O–H groups in total. The molecule has 0 unspecified atom stereocenters. The van der Waals surface area contributed by atoms with Crippen molar-refractivity contribution in [2.75, 3.05) is 18.9 Å². The van der Waals surface area contributed by atoms with E-state index in [1.54, 1.807) is 12.1 Å². The zero-order valence-electron chi connectivity index (χ0n) is 12.7. The Labute approximate surface area is 126 Å². The predicted molar refractivity (Wildman–Crippen MR) is 83.8 cm³/mol. The third kappa shape index (κ3) is 3.89. The molecule has 0 spiro atoms. The number of benzene rings is 1. The van der Waals surface area contributed by atoms with Crippen LogP contribution in [0.25, 0.3) is 0 Å². The zero-order chi connectivity index (χ0) is 15.5. The molecule has 0 radical (unpaired) electrons. The highest BCUT2D eigenvalue weighted by atomic mass is 32.2. The van der Waals surface area contributed by atoms with Crippen molar-refractivity contribution in [1.82, 2.24) is 4.72 Å². The van der Waals surface area contributed by atoms with E-state index in [1.165, 1.54) is 6.07 Å². The molecule has 0 bridgehead atoms. The summed E-state index contributed by atoms with van der Waals surface area (Å²) in [6.45, 7) is 4.84. The molecule has 1 aromatic carbocycles. The van der Waals surface area contributed by atoms with Crippen LogP contribution in [0, 0.1) is 5.41 Å². The number of nitrogens with two attached hydrogens (primary N) is 1. The Morgan fingerprint density at radius 1 is 1.33 bits per heavy atom. The summed E-state index contributed by atoms with van der Waals surface area (Å²) in [7, 11) is -3.60. The second-order valence-corrected chi connectivity index (χ2v) is 7.45. The zero-order valence-corrected chi connectivity index (χ0v) is 13.5. The van der Waals surface area contributed by atoms with Crippen LogP contribution < -0.4 is 15.2 Å². The molecule has 1 aliphatic rings. The average molecular weight is 312 g/mol. The molecule has 0 atom stereocenters. The summed E-state index contributed by atoms with van der Waals surface area (Å²) < 4.78 is 33.1. The maximum atomic E-state index is 12.5. The van der Waals surface area contributed by atoms with Crippen LogP contribution >= 0.6 is 0 Å². The molecule has 0 aliphatic heterocycles. The highest BCUT2D eigenvalue weighted by Gasteiger charge is 2.42. The molecule has 1 saturated carbocycles. The third-order valence-electron chi connectivity index (χ3n) is 3.93. The predicted octanol–water partition coefficient (Wildman–Crippen LogP) is 2.53. The molecule has 1 aromatic rings. The topological polar surface area (TPSA) is 81.4 Å². The van der Waals surface area contributed by atoms with Gasteiger partial charge in [-0.3, -0.25) is 0 Å². The molecular weight excluding hydrogens is 288 g/mol. The number of sulfonamides is 1. The fraction of sp³-hybridized carbons (Fsp3) is 0.600. The minimum Gasteiger partial charge on any atom is -0.492 e. The van der Waals surface area contributed by atoms with E-state index in [9.17, 15) is 8.42 Å². The second-order valence-electron chi connectivity index (χ2n) is 5.71. The third-order valence-corrected chi connectivity index (χ3v) is 5.35. The van der Waals surface area contributed by atoms with E-state index in [2.05, 4.69) is 11.6 Å². The molecular formula is C15H24N2O3S. The molecule has 0 heterocycles. The van der Waals surface area contributed by atoms with Gasteiger partial charge in [0.05, 0.1) is 6.61 Å². The Morgan fingerprint density at radius 2 is 2.05 bits per heavy atom. The van der Waals surface area contributed by atoms with E-state index in [0.717, 1.165) is 25.7 Å². The molecule has 0 aromatic heterocycles. The minimum atomic E-state index is -3.60. The lowest BCUT2D eigenvalue weighted by molar-refractivity contribution is 0.331. The summed E-state index contributed by atoms with van der Waals surface area (Å²) in [5.74, 6) is 0.347. The first kappa shape index (κ1) is 16.1. The number of hydrogen-bond acceptors (Lipinski definition) is 4. The molecule has 0 amide bonds. The largest absolute Gasteiger partial charge is 0.492 e. The lowest BCUT2D eigenvalue weighted by Crippen LogP contribution is -2.30. The van der Waals surface area contributed by atoms with E-state index in [-0.39, 0.29) is 10.3 Å². The summed E-state index contributed by atoms with van der Waals surface area (Å²) in [6.07, 6.45) is 4.33. The Kier molecular flexibility index (Phi) is 4.78. The lowest BCUT2D eigenvalue weighted by Gasteiger charge is -2.17. The number of nitrogen functional groups attached to an aromatic ring is 1. The molecule has 6 heteroatoms. The van der Waals surface area contributed by atoms with E-state index in [0.29, 0.717) is 24.6 Å². The van der Waals surface area contributed by atoms with Crippen molar-refractivity contribution in [3.8, 4) is 5.75 Å². The van der Waals surface area contributed by atoms with Gasteiger partial charge >= 0.3 is 0 Å². The monoisotopic (exact) mass is 312 g/mol. The molecule has 0 saturated heterocycles. The van der Waals surface area contributed by atoms with Gasteiger partial charge < -0.3 is 10.5 Å². The highest BCUT2D eigenvalue weighted by molar-refractivity contribution is 7.89. The van der Waals surface area contributed by atoms with E-state index < -0.39 is 10.0 Å². The second kappa shape index (κ2) is 6.23. The van der Waals surface area contributed by atoms with Crippen LogP contribution in [0.5, 0.6) is 5.75 Å². The number of hydrogen-bond donors (Lipinski definition) is 2. The van der Waals surface area contributed by atoms with Gasteiger partial charge in [0.25, 0.3) is 0 Å². The van der Waals surface area contributed by atoms with Crippen LogP contribution in [0.4, 0.5) is 5.69 Å². The average Bonchev–Trinajstić information content (AvgIpc) is 3.20. The van der Waals surface area contributed by atoms with Gasteiger partial charge in [-0.05, 0) is 49.8 Å². The Morgan fingerprint density at radius 3 is 2.62 bits per heavy atom. The van der Waals surface area contributed by atoms with Gasteiger partial charge in [-0.1, -0.05) is 13.3 Å². The summed E-state index contributed by atoms with van der Waals surface area (Å²) in [6, 6.07) is 4.70. The summed E-state index contributed by atoms with van der Waals surface area (Å²) in [5.41, 5.74) is 6.29. The van der Waals surface area contributed by atoms with Crippen molar-refractivity contribution in [2.24, 2.45) is 5.41 Å². The SMILES string of the molecule is CCCC1(CNS(=O)(=O)c2cc(N)ccc2OCC)CC1. The number of ether oxygens (including phenoxy) is 1. The van der Waals surface area contributed by atoms with Crippen LogP contribution in [-0.2, 0) is 10.0 Å². The van der Waals surface area contributed by atoms with Crippen molar-refractivity contribution in [3.63, 3.8) is 0 Å². The summed E-state index contributed by atoms with van der Waals surface area (Å²) in [5, 5.41) is 0.